The molecule has 2 saturated heterocycles. The molecule has 0 spiro atoms. The summed E-state index contributed by atoms with van der Waals surface area (Å²) in [6.45, 7) is 1.86. The number of rotatable bonds is 7. The molecule has 7 heteroatoms. The van der Waals surface area contributed by atoms with Gasteiger partial charge in [-0.3, -0.25) is 9.59 Å². The summed E-state index contributed by atoms with van der Waals surface area (Å²) in [5.74, 6) is 0.522. The molecule has 2 aliphatic rings. The fourth-order valence-corrected chi connectivity index (χ4v) is 4.26. The van der Waals surface area contributed by atoms with E-state index in [0.29, 0.717) is 50.5 Å². The third-order valence-electron chi connectivity index (χ3n) is 5.89. The maximum absolute atomic E-state index is 12.6. The first kappa shape index (κ1) is 20.5. The molecule has 2 aliphatic heterocycles. The lowest BCUT2D eigenvalue weighted by molar-refractivity contribution is -0.146. The number of nitrogens with zero attached hydrogens (tertiary/aromatic N) is 1. The topological polar surface area (TPSA) is 85.3 Å². The van der Waals surface area contributed by atoms with Gasteiger partial charge in [0.2, 0.25) is 5.91 Å². The van der Waals surface area contributed by atoms with Crippen LogP contribution in [0.25, 0.3) is 0 Å². The SMILES string of the molecule is COc1ccc(CCC(=O)N2CCC([C@@H]3OCCC3C(=O)O)CC2)cc1OC. The van der Waals surface area contributed by atoms with E-state index in [1.165, 1.54) is 0 Å². The van der Waals surface area contributed by atoms with Crippen LogP contribution in [0.1, 0.15) is 31.2 Å². The number of carboxylic acids is 1. The summed E-state index contributed by atoms with van der Waals surface area (Å²) in [5, 5.41) is 9.34. The fourth-order valence-electron chi connectivity index (χ4n) is 4.26. The average molecular weight is 391 g/mol. The molecule has 2 fully saturated rings. The number of hydrogen-bond acceptors (Lipinski definition) is 5. The van der Waals surface area contributed by atoms with Gasteiger partial charge in [0.25, 0.3) is 0 Å². The van der Waals surface area contributed by atoms with Gasteiger partial charge in [-0.1, -0.05) is 6.07 Å². The van der Waals surface area contributed by atoms with Crippen molar-refractivity contribution < 1.29 is 28.9 Å². The Balaban J connectivity index is 1.48. The number of aliphatic carboxylic acids is 1. The van der Waals surface area contributed by atoms with Crippen molar-refractivity contribution in [1.82, 2.24) is 4.90 Å². The highest BCUT2D eigenvalue weighted by Gasteiger charge is 2.40. The monoisotopic (exact) mass is 391 g/mol. The highest BCUT2D eigenvalue weighted by atomic mass is 16.5. The Morgan fingerprint density at radius 2 is 1.86 bits per heavy atom. The number of carboxylic acid groups (broad SMARTS) is 1. The molecular formula is C21H29NO6. The zero-order chi connectivity index (χ0) is 20.1. The van der Waals surface area contributed by atoms with Crippen LogP contribution in [0, 0.1) is 11.8 Å². The molecule has 1 N–H and O–H groups in total. The molecule has 1 unspecified atom stereocenters. The van der Waals surface area contributed by atoms with Gasteiger partial charge in [-0.05, 0) is 49.3 Å². The van der Waals surface area contributed by atoms with Crippen LogP contribution in [-0.4, -0.2) is 61.9 Å². The lowest BCUT2D eigenvalue weighted by Gasteiger charge is -2.35. The Bertz CT molecular complexity index is 698. The summed E-state index contributed by atoms with van der Waals surface area (Å²) in [4.78, 5) is 25.9. The number of carbonyl (C=O) groups excluding carboxylic acids is 1. The molecule has 1 amide bonds. The van der Waals surface area contributed by atoms with Crippen LogP contribution >= 0.6 is 0 Å². The van der Waals surface area contributed by atoms with E-state index in [9.17, 15) is 14.7 Å². The number of ether oxygens (including phenoxy) is 3. The minimum atomic E-state index is -0.768. The molecule has 0 bridgehead atoms. The number of likely N-dealkylation sites (tertiary alicyclic amines) is 1. The minimum absolute atomic E-state index is 0.135. The molecule has 2 heterocycles. The molecule has 3 rings (SSSR count). The van der Waals surface area contributed by atoms with Gasteiger partial charge in [0.1, 0.15) is 0 Å². The van der Waals surface area contributed by atoms with Crippen molar-refractivity contribution in [3.63, 3.8) is 0 Å². The van der Waals surface area contributed by atoms with E-state index < -0.39 is 11.9 Å². The number of carbonyl (C=O) groups is 2. The number of amides is 1. The molecule has 0 aliphatic carbocycles. The molecule has 1 aromatic carbocycles. The minimum Gasteiger partial charge on any atom is -0.493 e. The molecule has 0 radical (unpaired) electrons. The maximum atomic E-state index is 12.6. The van der Waals surface area contributed by atoms with Gasteiger partial charge in [0.05, 0.1) is 26.2 Å². The van der Waals surface area contributed by atoms with E-state index in [1.807, 2.05) is 23.1 Å². The average Bonchev–Trinajstić information content (AvgIpc) is 3.22. The molecule has 0 saturated carbocycles. The lowest BCUT2D eigenvalue weighted by Crippen LogP contribution is -2.43. The van der Waals surface area contributed by atoms with Gasteiger partial charge >= 0.3 is 5.97 Å². The smallest absolute Gasteiger partial charge is 0.309 e. The summed E-state index contributed by atoms with van der Waals surface area (Å²) in [6.07, 6.45) is 3.07. The number of aryl methyl sites for hydroxylation is 1. The summed E-state index contributed by atoms with van der Waals surface area (Å²) >= 11 is 0. The van der Waals surface area contributed by atoms with Crippen molar-refractivity contribution in [2.45, 2.75) is 38.2 Å². The van der Waals surface area contributed by atoms with Gasteiger partial charge in [-0.2, -0.15) is 0 Å². The molecule has 1 aromatic rings. The fraction of sp³-hybridized carbons (Fsp3) is 0.619. The highest BCUT2D eigenvalue weighted by molar-refractivity contribution is 5.76. The van der Waals surface area contributed by atoms with Crippen LogP contribution in [0.4, 0.5) is 0 Å². The van der Waals surface area contributed by atoms with Crippen LogP contribution in [0.2, 0.25) is 0 Å². The number of benzene rings is 1. The molecule has 2 atom stereocenters. The van der Waals surface area contributed by atoms with Crippen molar-refractivity contribution in [3.05, 3.63) is 23.8 Å². The molecule has 0 aromatic heterocycles. The summed E-state index contributed by atoms with van der Waals surface area (Å²) in [7, 11) is 3.19. The maximum Gasteiger partial charge on any atom is 0.309 e. The predicted molar refractivity (Wildman–Crippen MR) is 103 cm³/mol. The Labute approximate surface area is 165 Å². The Kier molecular flexibility index (Phi) is 6.78. The largest absolute Gasteiger partial charge is 0.493 e. The van der Waals surface area contributed by atoms with Gasteiger partial charge in [-0.15, -0.1) is 0 Å². The Hall–Kier alpha value is -2.28. The first-order chi connectivity index (χ1) is 13.5. The summed E-state index contributed by atoms with van der Waals surface area (Å²) in [6, 6.07) is 5.71. The van der Waals surface area contributed by atoms with E-state index in [-0.39, 0.29) is 17.9 Å². The van der Waals surface area contributed by atoms with Crippen LogP contribution in [0.15, 0.2) is 18.2 Å². The van der Waals surface area contributed by atoms with Crippen LogP contribution < -0.4 is 9.47 Å². The number of methoxy groups -OCH3 is 2. The van der Waals surface area contributed by atoms with Gasteiger partial charge in [-0.25, -0.2) is 0 Å². The van der Waals surface area contributed by atoms with Crippen molar-refractivity contribution in [2.75, 3.05) is 33.9 Å². The second kappa shape index (κ2) is 9.28. The Morgan fingerprint density at radius 3 is 2.50 bits per heavy atom. The zero-order valence-corrected chi connectivity index (χ0v) is 16.6. The second-order valence-electron chi connectivity index (χ2n) is 7.48. The van der Waals surface area contributed by atoms with Crippen molar-refractivity contribution >= 4 is 11.9 Å². The van der Waals surface area contributed by atoms with Crippen molar-refractivity contribution in [2.24, 2.45) is 11.8 Å². The highest BCUT2D eigenvalue weighted by Crippen LogP contribution is 2.33. The third kappa shape index (κ3) is 4.58. The van der Waals surface area contributed by atoms with Crippen molar-refractivity contribution in [3.8, 4) is 11.5 Å². The van der Waals surface area contributed by atoms with E-state index in [2.05, 4.69) is 0 Å². The van der Waals surface area contributed by atoms with Gasteiger partial charge in [0, 0.05) is 26.1 Å². The van der Waals surface area contributed by atoms with Crippen LogP contribution in [-0.2, 0) is 20.7 Å². The van der Waals surface area contributed by atoms with E-state index >= 15 is 0 Å². The van der Waals surface area contributed by atoms with E-state index in [1.54, 1.807) is 14.2 Å². The molecule has 154 valence electrons. The zero-order valence-electron chi connectivity index (χ0n) is 16.6. The van der Waals surface area contributed by atoms with E-state index in [0.717, 1.165) is 18.4 Å². The molecule has 28 heavy (non-hydrogen) atoms. The number of hydrogen-bond donors (Lipinski definition) is 1. The third-order valence-corrected chi connectivity index (χ3v) is 5.89. The van der Waals surface area contributed by atoms with Crippen LogP contribution in [0.5, 0.6) is 11.5 Å². The summed E-state index contributed by atoms with van der Waals surface area (Å²) < 4.78 is 16.3. The second-order valence-corrected chi connectivity index (χ2v) is 7.48. The predicted octanol–water partition coefficient (Wildman–Crippen LogP) is 2.36. The van der Waals surface area contributed by atoms with Crippen LogP contribution in [0.3, 0.4) is 0 Å². The molecular weight excluding hydrogens is 362 g/mol. The van der Waals surface area contributed by atoms with Gasteiger partial charge < -0.3 is 24.2 Å². The first-order valence-electron chi connectivity index (χ1n) is 9.86. The lowest BCUT2D eigenvalue weighted by atomic mass is 9.84. The first-order valence-corrected chi connectivity index (χ1v) is 9.86. The normalized spacial score (nSPS) is 22.9. The quantitative estimate of drug-likeness (QED) is 0.768. The number of piperidine rings is 1. The van der Waals surface area contributed by atoms with E-state index in [4.69, 9.17) is 14.2 Å². The Morgan fingerprint density at radius 1 is 1.14 bits per heavy atom. The van der Waals surface area contributed by atoms with Gasteiger partial charge in [0.15, 0.2) is 11.5 Å². The standard InChI is InChI=1S/C21H29NO6/c1-26-17-5-3-14(13-18(17)27-2)4-6-19(23)22-10-7-15(8-11-22)20-16(21(24)25)9-12-28-20/h3,5,13,15-16,20H,4,6-12H2,1-2H3,(H,24,25)/t16?,20-/m0/s1. The summed E-state index contributed by atoms with van der Waals surface area (Å²) in [5.41, 5.74) is 1.03. The van der Waals surface area contributed by atoms with Crippen molar-refractivity contribution in [1.29, 1.82) is 0 Å². The molecule has 7 nitrogen and oxygen atoms in total.